The van der Waals surface area contributed by atoms with Crippen LogP contribution in [0.1, 0.15) is 11.1 Å². The second-order valence-electron chi connectivity index (χ2n) is 4.34. The summed E-state index contributed by atoms with van der Waals surface area (Å²) in [5, 5.41) is 3.78. The number of thiocarbonyl (C=S) groups is 1. The van der Waals surface area contributed by atoms with Crippen molar-refractivity contribution in [1.29, 1.82) is 0 Å². The molecule has 3 N–H and O–H groups in total. The highest BCUT2D eigenvalue weighted by Crippen LogP contribution is 2.12. The highest BCUT2D eigenvalue weighted by atomic mass is 32.2. The molecule has 0 fully saturated rings. The Labute approximate surface area is 126 Å². The number of rotatable bonds is 5. The summed E-state index contributed by atoms with van der Waals surface area (Å²) in [5.74, 6) is -0.575. The zero-order chi connectivity index (χ0) is 15.6. The second kappa shape index (κ2) is 5.88. The molecule has 0 aliphatic carbocycles. The van der Waals surface area contributed by atoms with Gasteiger partial charge in [0.1, 0.15) is 15.7 Å². The average Bonchev–Trinajstić information content (AvgIpc) is 2.84. The van der Waals surface area contributed by atoms with E-state index < -0.39 is 15.8 Å². The summed E-state index contributed by atoms with van der Waals surface area (Å²) in [7, 11) is -2.13. The minimum atomic E-state index is -3.73. The van der Waals surface area contributed by atoms with Crippen LogP contribution in [0, 0.1) is 5.82 Å². The molecule has 0 bridgehead atoms. The van der Waals surface area contributed by atoms with E-state index in [-0.39, 0.29) is 22.0 Å². The van der Waals surface area contributed by atoms with Gasteiger partial charge in [0.25, 0.3) is 0 Å². The molecule has 2 rings (SSSR count). The first-order valence-corrected chi connectivity index (χ1v) is 7.75. The number of benzene rings is 1. The highest BCUT2D eigenvalue weighted by Gasteiger charge is 2.16. The number of aryl methyl sites for hydroxylation is 1. The van der Waals surface area contributed by atoms with Gasteiger partial charge >= 0.3 is 0 Å². The monoisotopic (exact) mass is 328 g/mol. The van der Waals surface area contributed by atoms with Gasteiger partial charge in [-0.05, 0) is 6.07 Å². The van der Waals surface area contributed by atoms with E-state index >= 15 is 0 Å². The third-order valence-electron chi connectivity index (χ3n) is 2.78. The molecule has 1 aromatic carbocycles. The summed E-state index contributed by atoms with van der Waals surface area (Å²) in [6.07, 6.45) is 2.57. The van der Waals surface area contributed by atoms with E-state index in [9.17, 15) is 12.8 Å². The van der Waals surface area contributed by atoms with Crippen LogP contribution in [0.3, 0.4) is 0 Å². The summed E-state index contributed by atoms with van der Waals surface area (Å²) in [6.45, 7) is -0.180. The molecule has 0 radical (unpaired) electrons. The third kappa shape index (κ3) is 3.63. The molecule has 0 atom stereocenters. The van der Waals surface area contributed by atoms with E-state index in [2.05, 4.69) is 9.82 Å². The van der Waals surface area contributed by atoms with Crippen LogP contribution in [0.2, 0.25) is 0 Å². The first-order chi connectivity index (χ1) is 9.79. The van der Waals surface area contributed by atoms with Crippen molar-refractivity contribution in [3.8, 4) is 0 Å². The highest BCUT2D eigenvalue weighted by molar-refractivity contribution is 7.89. The maximum atomic E-state index is 13.8. The lowest BCUT2D eigenvalue weighted by Gasteiger charge is -2.07. The number of halogens is 1. The molecule has 0 amide bonds. The fourth-order valence-corrected chi connectivity index (χ4v) is 2.75. The lowest BCUT2D eigenvalue weighted by Crippen LogP contribution is -2.23. The number of nitrogens with zero attached hydrogens (tertiary/aromatic N) is 2. The predicted molar refractivity (Wildman–Crippen MR) is 79.5 cm³/mol. The zero-order valence-corrected chi connectivity index (χ0v) is 12.7. The van der Waals surface area contributed by atoms with Crippen LogP contribution in [-0.4, -0.2) is 23.2 Å². The summed E-state index contributed by atoms with van der Waals surface area (Å²) >= 11 is 4.75. The van der Waals surface area contributed by atoms with E-state index in [0.29, 0.717) is 5.56 Å². The number of hydrogen-bond donors (Lipinski definition) is 2. The summed E-state index contributed by atoms with van der Waals surface area (Å²) in [6, 6.07) is 4.16. The third-order valence-corrected chi connectivity index (χ3v) is 4.37. The molecule has 0 saturated carbocycles. The van der Waals surface area contributed by atoms with E-state index in [4.69, 9.17) is 18.0 Å². The van der Waals surface area contributed by atoms with E-state index in [0.717, 1.165) is 0 Å². The standard InChI is InChI=1S/C12H13FN4O2S2/c1-17-7-10(6-15-17)21(18,19)16-5-9-3-2-8(12(14)20)4-11(9)13/h2-4,6-7,16H,5H2,1H3,(H2,14,20). The van der Waals surface area contributed by atoms with Crippen molar-refractivity contribution >= 4 is 27.2 Å². The van der Waals surface area contributed by atoms with Crippen LogP contribution in [0.4, 0.5) is 4.39 Å². The van der Waals surface area contributed by atoms with Crippen molar-refractivity contribution in [2.75, 3.05) is 0 Å². The molecule has 0 spiro atoms. The van der Waals surface area contributed by atoms with Crippen molar-refractivity contribution in [2.24, 2.45) is 12.8 Å². The Morgan fingerprint density at radius 1 is 1.52 bits per heavy atom. The van der Waals surface area contributed by atoms with Gasteiger partial charge in [-0.2, -0.15) is 5.10 Å². The Morgan fingerprint density at radius 3 is 2.76 bits per heavy atom. The average molecular weight is 328 g/mol. The topological polar surface area (TPSA) is 90.0 Å². The van der Waals surface area contributed by atoms with Gasteiger partial charge in [-0.25, -0.2) is 17.5 Å². The zero-order valence-electron chi connectivity index (χ0n) is 11.1. The van der Waals surface area contributed by atoms with Gasteiger partial charge in [0, 0.05) is 30.9 Å². The molecule has 0 aliphatic heterocycles. The number of nitrogens with two attached hydrogens (primary N) is 1. The molecule has 0 aliphatic rings. The van der Waals surface area contributed by atoms with Crippen LogP contribution in [0.5, 0.6) is 0 Å². The van der Waals surface area contributed by atoms with E-state index in [1.54, 1.807) is 13.1 Å². The number of aromatic nitrogens is 2. The number of nitrogens with one attached hydrogen (secondary N) is 1. The van der Waals surface area contributed by atoms with Gasteiger partial charge in [0.15, 0.2) is 0 Å². The van der Waals surface area contributed by atoms with Crippen molar-refractivity contribution < 1.29 is 12.8 Å². The first-order valence-electron chi connectivity index (χ1n) is 5.86. The first kappa shape index (κ1) is 15.5. The van der Waals surface area contributed by atoms with Gasteiger partial charge in [-0.3, -0.25) is 4.68 Å². The lowest BCUT2D eigenvalue weighted by molar-refractivity contribution is 0.574. The number of hydrogen-bond acceptors (Lipinski definition) is 4. The smallest absolute Gasteiger partial charge is 0.243 e. The quantitative estimate of drug-likeness (QED) is 0.788. The molecule has 112 valence electrons. The van der Waals surface area contributed by atoms with Crippen LogP contribution >= 0.6 is 12.2 Å². The molecule has 0 unspecified atom stereocenters. The summed E-state index contributed by atoms with van der Waals surface area (Å²) in [5.41, 5.74) is 5.99. The predicted octanol–water partition coefficient (Wildman–Crippen LogP) is 0.672. The van der Waals surface area contributed by atoms with E-state index in [1.807, 2.05) is 0 Å². The molecule has 1 heterocycles. The van der Waals surface area contributed by atoms with Crippen molar-refractivity contribution in [2.45, 2.75) is 11.4 Å². The minimum absolute atomic E-state index is 0.0187. The van der Waals surface area contributed by atoms with Crippen LogP contribution in [0.15, 0.2) is 35.5 Å². The molecule has 2 aromatic rings. The Bertz CT molecular complexity index is 786. The SMILES string of the molecule is Cn1cc(S(=O)(=O)NCc2ccc(C(N)=S)cc2F)cn1. The fraction of sp³-hybridized carbons (Fsp3) is 0.167. The van der Waals surface area contributed by atoms with Crippen LogP contribution in [0.25, 0.3) is 0 Å². The van der Waals surface area contributed by atoms with Crippen molar-refractivity contribution in [3.63, 3.8) is 0 Å². The molecule has 21 heavy (non-hydrogen) atoms. The van der Waals surface area contributed by atoms with Gasteiger partial charge in [0.2, 0.25) is 10.0 Å². The van der Waals surface area contributed by atoms with Crippen molar-refractivity contribution in [1.82, 2.24) is 14.5 Å². The number of sulfonamides is 1. The fourth-order valence-electron chi connectivity index (χ4n) is 1.64. The van der Waals surface area contributed by atoms with Crippen LogP contribution < -0.4 is 10.5 Å². The molecular weight excluding hydrogens is 315 g/mol. The normalized spacial score (nSPS) is 11.5. The Hall–Kier alpha value is -1.84. The summed E-state index contributed by atoms with van der Waals surface area (Å²) < 4.78 is 41.5. The van der Waals surface area contributed by atoms with Crippen molar-refractivity contribution in [3.05, 3.63) is 47.5 Å². The van der Waals surface area contributed by atoms with E-state index in [1.165, 1.54) is 29.2 Å². The molecular formula is C12H13FN4O2S2. The molecule has 0 saturated heterocycles. The maximum absolute atomic E-state index is 13.8. The maximum Gasteiger partial charge on any atom is 0.243 e. The van der Waals surface area contributed by atoms with Gasteiger partial charge in [-0.15, -0.1) is 0 Å². The Balaban J connectivity index is 2.15. The largest absolute Gasteiger partial charge is 0.389 e. The molecule has 9 heteroatoms. The minimum Gasteiger partial charge on any atom is -0.389 e. The van der Waals surface area contributed by atoms with Gasteiger partial charge in [-0.1, -0.05) is 24.4 Å². The Kier molecular flexibility index (Phi) is 4.35. The Morgan fingerprint density at radius 2 is 2.24 bits per heavy atom. The molecule has 1 aromatic heterocycles. The summed E-state index contributed by atoms with van der Waals surface area (Å²) in [4.78, 5) is 0.0987. The lowest BCUT2D eigenvalue weighted by atomic mass is 10.1. The van der Waals surface area contributed by atoms with Gasteiger partial charge in [0.05, 0.1) is 6.20 Å². The van der Waals surface area contributed by atoms with Crippen LogP contribution in [-0.2, 0) is 23.6 Å². The van der Waals surface area contributed by atoms with Gasteiger partial charge < -0.3 is 5.73 Å². The molecule has 6 nitrogen and oxygen atoms in total. The second-order valence-corrected chi connectivity index (χ2v) is 6.55.